The highest BCUT2D eigenvalue weighted by atomic mass is 16.2. The number of nitrogens with one attached hydrogen (secondary N) is 2. The summed E-state index contributed by atoms with van der Waals surface area (Å²) >= 11 is 0. The van der Waals surface area contributed by atoms with Crippen LogP contribution >= 0.6 is 0 Å². The Bertz CT molecular complexity index is 617. The molecule has 5 nitrogen and oxygen atoms in total. The van der Waals surface area contributed by atoms with E-state index in [0.29, 0.717) is 11.3 Å². The van der Waals surface area contributed by atoms with Gasteiger partial charge in [0, 0.05) is 29.6 Å². The summed E-state index contributed by atoms with van der Waals surface area (Å²) in [5.74, 6) is 0.137. The Morgan fingerprint density at radius 3 is 2.04 bits per heavy atom. The van der Waals surface area contributed by atoms with Crippen molar-refractivity contribution in [2.75, 3.05) is 11.9 Å². The van der Waals surface area contributed by atoms with Crippen LogP contribution in [0.15, 0.2) is 24.3 Å². The summed E-state index contributed by atoms with van der Waals surface area (Å²) in [5, 5.41) is 5.94. The van der Waals surface area contributed by atoms with Gasteiger partial charge in [0.05, 0.1) is 0 Å². The van der Waals surface area contributed by atoms with E-state index >= 15 is 0 Å². The Kier molecular flexibility index (Phi) is 7.82. The maximum absolute atomic E-state index is 12.4. The first-order valence-electron chi connectivity index (χ1n) is 9.70. The average Bonchev–Trinajstić information content (AvgIpc) is 2.65. The van der Waals surface area contributed by atoms with Gasteiger partial charge in [-0.3, -0.25) is 14.4 Å². The van der Waals surface area contributed by atoms with Crippen LogP contribution in [0.1, 0.15) is 69.2 Å². The molecule has 0 saturated heterocycles. The molecule has 1 aromatic carbocycles. The molecule has 1 fully saturated rings. The Balaban J connectivity index is 1.75. The van der Waals surface area contributed by atoms with E-state index in [-0.39, 0.29) is 29.4 Å². The lowest BCUT2D eigenvalue weighted by Crippen LogP contribution is -2.35. The van der Waals surface area contributed by atoms with E-state index < -0.39 is 0 Å². The van der Waals surface area contributed by atoms with E-state index in [1.165, 1.54) is 6.92 Å². The fourth-order valence-corrected chi connectivity index (χ4v) is 3.38. The van der Waals surface area contributed by atoms with Gasteiger partial charge in [-0.15, -0.1) is 0 Å². The van der Waals surface area contributed by atoms with Crippen molar-refractivity contribution in [2.24, 2.45) is 11.8 Å². The van der Waals surface area contributed by atoms with Gasteiger partial charge in [-0.2, -0.15) is 0 Å². The minimum Gasteiger partial charge on any atom is -0.356 e. The van der Waals surface area contributed by atoms with Crippen molar-refractivity contribution in [1.29, 1.82) is 0 Å². The molecule has 0 radical (unpaired) electrons. The second kappa shape index (κ2) is 10.1. The third kappa shape index (κ3) is 5.97. The van der Waals surface area contributed by atoms with Crippen molar-refractivity contribution in [3.05, 3.63) is 29.8 Å². The van der Waals surface area contributed by atoms with Crippen molar-refractivity contribution >= 4 is 23.3 Å². The fraction of sp³-hybridized carbons (Fsp3) is 0.571. The maximum atomic E-state index is 12.4. The highest BCUT2D eigenvalue weighted by Gasteiger charge is 2.29. The highest BCUT2D eigenvalue weighted by molar-refractivity contribution is 5.96. The molecule has 5 heteroatoms. The van der Waals surface area contributed by atoms with Gasteiger partial charge < -0.3 is 10.6 Å². The van der Waals surface area contributed by atoms with Crippen LogP contribution in [0.3, 0.4) is 0 Å². The number of ketones is 1. The summed E-state index contributed by atoms with van der Waals surface area (Å²) in [5.41, 5.74) is 1.34. The van der Waals surface area contributed by atoms with Gasteiger partial charge >= 0.3 is 0 Å². The molecule has 1 aliphatic carbocycles. The predicted octanol–water partition coefficient (Wildman–Crippen LogP) is 3.94. The first kappa shape index (κ1) is 20.1. The van der Waals surface area contributed by atoms with Crippen molar-refractivity contribution in [1.82, 2.24) is 5.32 Å². The average molecular weight is 358 g/mol. The SMILES string of the molecule is CCCCCNC(=O)C1CCC(C(=O)Nc2ccc(C(C)=O)cc2)CC1. The first-order valence-corrected chi connectivity index (χ1v) is 9.70. The van der Waals surface area contributed by atoms with Crippen LogP contribution in [0.2, 0.25) is 0 Å². The first-order chi connectivity index (χ1) is 12.5. The number of carbonyl (C=O) groups excluding carboxylic acids is 3. The zero-order chi connectivity index (χ0) is 18.9. The molecule has 0 aromatic heterocycles. The number of benzene rings is 1. The normalized spacial score (nSPS) is 19.6. The number of hydrogen-bond donors (Lipinski definition) is 2. The number of amides is 2. The van der Waals surface area contributed by atoms with E-state index in [4.69, 9.17) is 0 Å². The van der Waals surface area contributed by atoms with Crippen LogP contribution in [-0.4, -0.2) is 24.1 Å². The number of hydrogen-bond acceptors (Lipinski definition) is 3. The van der Waals surface area contributed by atoms with Gasteiger partial charge in [0.15, 0.2) is 5.78 Å². The number of anilines is 1. The molecular formula is C21H30N2O3. The number of unbranched alkanes of at least 4 members (excludes halogenated alkanes) is 2. The summed E-state index contributed by atoms with van der Waals surface area (Å²) in [7, 11) is 0. The second-order valence-corrected chi connectivity index (χ2v) is 7.17. The van der Waals surface area contributed by atoms with Gasteiger partial charge in [0.25, 0.3) is 0 Å². The van der Waals surface area contributed by atoms with Crippen molar-refractivity contribution in [2.45, 2.75) is 58.8 Å². The number of carbonyl (C=O) groups is 3. The van der Waals surface area contributed by atoms with Gasteiger partial charge in [-0.25, -0.2) is 0 Å². The molecule has 1 aliphatic rings. The summed E-state index contributed by atoms with van der Waals surface area (Å²) in [6, 6.07) is 6.95. The molecule has 0 spiro atoms. The summed E-state index contributed by atoms with van der Waals surface area (Å²) in [6.45, 7) is 4.42. The van der Waals surface area contributed by atoms with Gasteiger partial charge in [0.2, 0.25) is 11.8 Å². The summed E-state index contributed by atoms with van der Waals surface area (Å²) in [6.07, 6.45) is 6.33. The Hall–Kier alpha value is -2.17. The molecule has 1 aromatic rings. The van der Waals surface area contributed by atoms with Crippen LogP contribution in [0.25, 0.3) is 0 Å². The number of Topliss-reactive ketones (excluding diaryl/α,β-unsaturated/α-hetero) is 1. The van der Waals surface area contributed by atoms with Crippen molar-refractivity contribution in [3.8, 4) is 0 Å². The monoisotopic (exact) mass is 358 g/mol. The van der Waals surface area contributed by atoms with Crippen LogP contribution in [-0.2, 0) is 9.59 Å². The molecule has 26 heavy (non-hydrogen) atoms. The maximum Gasteiger partial charge on any atom is 0.227 e. The molecular weight excluding hydrogens is 328 g/mol. The fourth-order valence-electron chi connectivity index (χ4n) is 3.38. The minimum atomic E-state index is -0.0494. The second-order valence-electron chi connectivity index (χ2n) is 7.17. The molecule has 142 valence electrons. The van der Waals surface area contributed by atoms with Gasteiger partial charge in [-0.1, -0.05) is 19.8 Å². The van der Waals surface area contributed by atoms with E-state index in [9.17, 15) is 14.4 Å². The smallest absolute Gasteiger partial charge is 0.227 e. The van der Waals surface area contributed by atoms with Crippen molar-refractivity contribution in [3.63, 3.8) is 0 Å². The molecule has 2 rings (SSSR count). The van der Waals surface area contributed by atoms with E-state index in [2.05, 4.69) is 17.6 Å². The van der Waals surface area contributed by atoms with Crippen LogP contribution in [0.5, 0.6) is 0 Å². The molecule has 2 N–H and O–H groups in total. The summed E-state index contributed by atoms with van der Waals surface area (Å²) in [4.78, 5) is 35.9. The van der Waals surface area contributed by atoms with Crippen LogP contribution < -0.4 is 10.6 Å². The minimum absolute atomic E-state index is 0.00220. The van der Waals surface area contributed by atoms with E-state index in [1.807, 2.05) is 0 Å². The standard InChI is InChI=1S/C21H30N2O3/c1-3-4-5-14-22-20(25)17-6-8-18(9-7-17)21(26)23-19-12-10-16(11-13-19)15(2)24/h10-13,17-18H,3-9,14H2,1-2H3,(H,22,25)(H,23,26). The van der Waals surface area contributed by atoms with E-state index in [1.54, 1.807) is 24.3 Å². The number of rotatable bonds is 8. The molecule has 0 unspecified atom stereocenters. The Morgan fingerprint density at radius 1 is 0.923 bits per heavy atom. The largest absolute Gasteiger partial charge is 0.356 e. The molecule has 0 heterocycles. The molecule has 0 bridgehead atoms. The highest BCUT2D eigenvalue weighted by Crippen LogP contribution is 2.30. The van der Waals surface area contributed by atoms with Gasteiger partial charge in [-0.05, 0) is 63.3 Å². The van der Waals surface area contributed by atoms with Crippen LogP contribution in [0, 0.1) is 11.8 Å². The molecule has 2 amide bonds. The zero-order valence-electron chi connectivity index (χ0n) is 15.8. The predicted molar refractivity (Wildman–Crippen MR) is 103 cm³/mol. The van der Waals surface area contributed by atoms with Gasteiger partial charge in [0.1, 0.15) is 0 Å². The lowest BCUT2D eigenvalue weighted by atomic mass is 9.81. The summed E-state index contributed by atoms with van der Waals surface area (Å²) < 4.78 is 0. The van der Waals surface area contributed by atoms with Crippen molar-refractivity contribution < 1.29 is 14.4 Å². The Morgan fingerprint density at radius 2 is 1.50 bits per heavy atom. The zero-order valence-corrected chi connectivity index (χ0v) is 15.8. The quantitative estimate of drug-likeness (QED) is 0.546. The third-order valence-electron chi connectivity index (χ3n) is 5.11. The topological polar surface area (TPSA) is 75.3 Å². The Labute approximate surface area is 155 Å². The molecule has 0 atom stereocenters. The molecule has 1 saturated carbocycles. The molecule has 0 aliphatic heterocycles. The lowest BCUT2D eigenvalue weighted by molar-refractivity contribution is -0.128. The van der Waals surface area contributed by atoms with Crippen LogP contribution in [0.4, 0.5) is 5.69 Å². The lowest BCUT2D eigenvalue weighted by Gasteiger charge is -2.27. The third-order valence-corrected chi connectivity index (χ3v) is 5.11. The van der Waals surface area contributed by atoms with E-state index in [0.717, 1.165) is 51.5 Å².